The Morgan fingerprint density at radius 3 is 1.35 bits per heavy atom. The fourth-order valence-electron chi connectivity index (χ4n) is 0.174. The SMILES string of the molecule is C=C(C)C(=O)O.C=C(C)C(=O)OC.O=[P+](O)O. The molecule has 3 N–H and O–H groups in total. The van der Waals surface area contributed by atoms with E-state index in [1.807, 2.05) is 0 Å². The summed E-state index contributed by atoms with van der Waals surface area (Å²) in [6, 6.07) is 0. The van der Waals surface area contributed by atoms with Crippen LogP contribution >= 0.6 is 8.25 Å². The summed E-state index contributed by atoms with van der Waals surface area (Å²) in [5.74, 6) is -1.28. The third kappa shape index (κ3) is 31.4. The highest BCUT2D eigenvalue weighted by molar-refractivity contribution is 7.30. The molecular formula is C9H16O7P+. The molecule has 0 fully saturated rings. The Morgan fingerprint density at radius 2 is 1.35 bits per heavy atom. The molecule has 0 aromatic carbocycles. The maximum atomic E-state index is 10.2. The minimum absolute atomic E-state index is 0.176. The molecule has 0 saturated carbocycles. The molecule has 0 aliphatic carbocycles. The molecule has 0 bridgehead atoms. The second kappa shape index (κ2) is 12.5. The van der Waals surface area contributed by atoms with Crippen molar-refractivity contribution in [1.82, 2.24) is 0 Å². The van der Waals surface area contributed by atoms with E-state index in [-0.39, 0.29) is 11.5 Å². The molecule has 0 heterocycles. The smallest absolute Gasteiger partial charge is 0.478 e. The number of carbonyl (C=O) groups is 2. The fourth-order valence-corrected chi connectivity index (χ4v) is 0.174. The summed E-state index contributed by atoms with van der Waals surface area (Å²) in [6.07, 6.45) is 0. The number of ether oxygens (including phenoxy) is 1. The van der Waals surface area contributed by atoms with E-state index < -0.39 is 14.2 Å². The topological polar surface area (TPSA) is 121 Å². The lowest BCUT2D eigenvalue weighted by Gasteiger charge is -1.91. The zero-order valence-corrected chi connectivity index (χ0v) is 10.7. The van der Waals surface area contributed by atoms with Crippen LogP contribution < -0.4 is 0 Å². The quantitative estimate of drug-likeness (QED) is 0.387. The van der Waals surface area contributed by atoms with Crippen molar-refractivity contribution < 1.29 is 33.8 Å². The Morgan fingerprint density at radius 1 is 1.12 bits per heavy atom. The first kappa shape index (κ1) is 20.8. The van der Waals surface area contributed by atoms with Crippen LogP contribution in [0.1, 0.15) is 13.8 Å². The molecule has 17 heavy (non-hydrogen) atoms. The van der Waals surface area contributed by atoms with Crippen molar-refractivity contribution >= 4 is 20.2 Å². The molecule has 0 aliphatic heterocycles. The molecule has 0 amide bonds. The molecule has 0 unspecified atom stereocenters. The Bertz CT molecular complexity index is 292. The van der Waals surface area contributed by atoms with Gasteiger partial charge in [-0.25, -0.2) is 9.59 Å². The van der Waals surface area contributed by atoms with Crippen LogP contribution in [-0.2, 0) is 18.9 Å². The van der Waals surface area contributed by atoms with Gasteiger partial charge in [0.25, 0.3) is 0 Å². The first-order chi connectivity index (χ1) is 7.56. The molecular weight excluding hydrogens is 251 g/mol. The third-order valence-corrected chi connectivity index (χ3v) is 0.899. The van der Waals surface area contributed by atoms with Crippen molar-refractivity contribution in [3.63, 3.8) is 0 Å². The van der Waals surface area contributed by atoms with Crippen molar-refractivity contribution in [2.45, 2.75) is 13.8 Å². The second-order valence-corrected chi connectivity index (χ2v) is 3.12. The molecule has 7 nitrogen and oxygen atoms in total. The molecule has 0 saturated heterocycles. The van der Waals surface area contributed by atoms with E-state index in [0.717, 1.165) is 0 Å². The molecule has 0 spiro atoms. The van der Waals surface area contributed by atoms with Gasteiger partial charge in [0.2, 0.25) is 0 Å². The summed E-state index contributed by atoms with van der Waals surface area (Å²) in [4.78, 5) is 34.0. The lowest BCUT2D eigenvalue weighted by molar-refractivity contribution is -0.136. The van der Waals surface area contributed by atoms with Crippen molar-refractivity contribution in [3.05, 3.63) is 24.3 Å². The van der Waals surface area contributed by atoms with E-state index in [1.54, 1.807) is 6.92 Å². The normalized spacial score (nSPS) is 7.35. The standard InChI is InChI=1S/C5H8O2.C4H6O2.HO3P/c1-4(2)5(6)7-3;1-3(2)4(5)6;1-4(2)3/h1H2,2-3H3;1H2,2H3,(H,5,6);(H-,1,2,3)/p+1. The van der Waals surface area contributed by atoms with Crippen LogP contribution in [0.5, 0.6) is 0 Å². The summed E-state index contributed by atoms with van der Waals surface area (Å²) in [6.45, 7) is 9.56. The van der Waals surface area contributed by atoms with Crippen LogP contribution in [0, 0.1) is 0 Å². The molecule has 0 radical (unpaired) electrons. The van der Waals surface area contributed by atoms with E-state index in [1.165, 1.54) is 14.0 Å². The predicted octanol–water partition coefficient (Wildman–Crippen LogP) is 1.01. The highest BCUT2D eigenvalue weighted by Gasteiger charge is 1.95. The van der Waals surface area contributed by atoms with Crippen molar-refractivity contribution in [3.8, 4) is 0 Å². The van der Waals surface area contributed by atoms with Gasteiger partial charge in [0.1, 0.15) is 0 Å². The number of carboxylic acid groups (broad SMARTS) is 1. The molecule has 0 aromatic rings. The fraction of sp³-hybridized carbons (Fsp3) is 0.333. The number of esters is 1. The summed E-state index contributed by atoms with van der Waals surface area (Å²) in [5, 5.41) is 7.89. The summed E-state index contributed by atoms with van der Waals surface area (Å²) >= 11 is 0. The Balaban J connectivity index is -0.000000180. The van der Waals surface area contributed by atoms with Gasteiger partial charge >= 0.3 is 20.2 Å². The number of hydrogen-bond donors (Lipinski definition) is 3. The van der Waals surface area contributed by atoms with Crippen LogP contribution in [0.2, 0.25) is 0 Å². The van der Waals surface area contributed by atoms with Crippen LogP contribution in [0.3, 0.4) is 0 Å². The minimum Gasteiger partial charge on any atom is -0.478 e. The molecule has 98 valence electrons. The van der Waals surface area contributed by atoms with Gasteiger partial charge in [0, 0.05) is 15.7 Å². The van der Waals surface area contributed by atoms with E-state index in [0.29, 0.717) is 5.57 Å². The Kier molecular flexibility index (Phi) is 15.3. The second-order valence-electron chi connectivity index (χ2n) is 2.61. The number of hydrogen-bond acceptors (Lipinski definition) is 4. The van der Waals surface area contributed by atoms with E-state index in [4.69, 9.17) is 19.5 Å². The van der Waals surface area contributed by atoms with Crippen molar-refractivity contribution in [2.24, 2.45) is 0 Å². The average molecular weight is 267 g/mol. The summed E-state index contributed by atoms with van der Waals surface area (Å²) in [7, 11) is -1.54. The molecule has 0 rings (SSSR count). The number of carboxylic acids is 1. The first-order valence-corrected chi connectivity index (χ1v) is 5.20. The van der Waals surface area contributed by atoms with Crippen LogP contribution in [0.15, 0.2) is 24.3 Å². The monoisotopic (exact) mass is 267 g/mol. The van der Waals surface area contributed by atoms with E-state index in [9.17, 15) is 9.59 Å². The van der Waals surface area contributed by atoms with Crippen LogP contribution in [-0.4, -0.2) is 33.9 Å². The maximum Gasteiger partial charge on any atom is 0.692 e. The van der Waals surface area contributed by atoms with Gasteiger partial charge in [-0.15, -0.1) is 9.79 Å². The average Bonchev–Trinajstić information content (AvgIpc) is 2.16. The molecule has 0 atom stereocenters. The Hall–Kier alpha value is -1.56. The van der Waals surface area contributed by atoms with E-state index in [2.05, 4.69) is 17.9 Å². The maximum absolute atomic E-state index is 10.2. The molecule has 0 aromatic heterocycles. The van der Waals surface area contributed by atoms with Gasteiger partial charge in [-0.2, -0.15) is 0 Å². The third-order valence-electron chi connectivity index (χ3n) is 0.899. The minimum atomic E-state index is -2.87. The molecule has 8 heteroatoms. The predicted molar refractivity (Wildman–Crippen MR) is 61.3 cm³/mol. The van der Waals surface area contributed by atoms with Gasteiger partial charge < -0.3 is 9.84 Å². The first-order valence-electron chi connectivity index (χ1n) is 4.03. The molecule has 0 aliphatic rings. The summed E-state index contributed by atoms with van der Waals surface area (Å²) < 4.78 is 13.0. The zero-order chi connectivity index (χ0) is 14.6. The van der Waals surface area contributed by atoms with Crippen molar-refractivity contribution in [1.29, 1.82) is 0 Å². The number of methoxy groups -OCH3 is 1. The zero-order valence-electron chi connectivity index (χ0n) is 9.84. The number of carbonyl (C=O) groups excluding carboxylic acids is 1. The Labute approximate surface area is 100.0 Å². The largest absolute Gasteiger partial charge is 0.692 e. The van der Waals surface area contributed by atoms with Gasteiger partial charge in [-0.3, -0.25) is 0 Å². The van der Waals surface area contributed by atoms with Gasteiger partial charge in [0.15, 0.2) is 0 Å². The highest BCUT2D eigenvalue weighted by Crippen LogP contribution is 1.98. The van der Waals surface area contributed by atoms with Gasteiger partial charge in [-0.1, -0.05) is 13.2 Å². The number of rotatable bonds is 2. The highest BCUT2D eigenvalue weighted by atomic mass is 31.1. The van der Waals surface area contributed by atoms with Gasteiger partial charge in [0.05, 0.1) is 7.11 Å². The van der Waals surface area contributed by atoms with Gasteiger partial charge in [-0.05, 0) is 13.8 Å². The lowest BCUT2D eigenvalue weighted by atomic mass is 10.4. The summed E-state index contributed by atoms with van der Waals surface area (Å²) in [5.41, 5.74) is 0.609. The number of aliphatic carboxylic acids is 1. The van der Waals surface area contributed by atoms with Crippen molar-refractivity contribution in [2.75, 3.05) is 7.11 Å². The lowest BCUT2D eigenvalue weighted by Crippen LogP contribution is -1.98. The van der Waals surface area contributed by atoms with E-state index >= 15 is 0 Å². The van der Waals surface area contributed by atoms with Crippen LogP contribution in [0.4, 0.5) is 0 Å². The van der Waals surface area contributed by atoms with Crippen LogP contribution in [0.25, 0.3) is 0 Å².